The minimum atomic E-state index is 0.815. The zero-order chi connectivity index (χ0) is 11.4. The van der Waals surface area contributed by atoms with E-state index in [2.05, 4.69) is 43.1 Å². The third kappa shape index (κ3) is 3.08. The number of hydrogen-bond acceptors (Lipinski definition) is 1. The number of piperidine rings is 1. The van der Waals surface area contributed by atoms with Crippen LogP contribution in [0.5, 0.6) is 0 Å². The van der Waals surface area contributed by atoms with Crippen molar-refractivity contribution in [2.45, 2.75) is 45.1 Å². The summed E-state index contributed by atoms with van der Waals surface area (Å²) in [5, 5.41) is 0. The largest absolute Gasteiger partial charge is 0.303 e. The molecule has 1 heterocycles. The van der Waals surface area contributed by atoms with E-state index in [0.29, 0.717) is 0 Å². The number of aryl methyl sites for hydroxylation is 2. The van der Waals surface area contributed by atoms with Crippen LogP contribution >= 0.6 is 0 Å². The lowest BCUT2D eigenvalue weighted by atomic mass is 9.96. The summed E-state index contributed by atoms with van der Waals surface area (Å²) in [6.45, 7) is 3.44. The topological polar surface area (TPSA) is 3.24 Å². The molecule has 0 spiro atoms. The molecule has 1 fully saturated rings. The van der Waals surface area contributed by atoms with Gasteiger partial charge in [-0.15, -0.1) is 0 Å². The summed E-state index contributed by atoms with van der Waals surface area (Å²) >= 11 is 0. The molecule has 0 aliphatic carbocycles. The molecule has 1 aromatic rings. The lowest BCUT2D eigenvalue weighted by Crippen LogP contribution is -2.36. The second-order valence-corrected chi connectivity index (χ2v) is 5.15. The maximum Gasteiger partial charge on any atom is 0.00953 e. The minimum absolute atomic E-state index is 0.815. The Morgan fingerprint density at radius 2 is 1.94 bits per heavy atom. The molecule has 1 heteroatoms. The summed E-state index contributed by atoms with van der Waals surface area (Å²) in [7, 11) is 2.28. The van der Waals surface area contributed by atoms with Crippen LogP contribution in [0.2, 0.25) is 0 Å². The van der Waals surface area contributed by atoms with Crippen molar-refractivity contribution >= 4 is 0 Å². The molecular formula is C15H23N. The number of hydrogen-bond donors (Lipinski definition) is 0. The zero-order valence-corrected chi connectivity index (χ0v) is 10.6. The molecular weight excluding hydrogens is 194 g/mol. The molecule has 1 aliphatic rings. The lowest BCUT2D eigenvalue weighted by Gasteiger charge is -2.32. The molecule has 1 aromatic carbocycles. The van der Waals surface area contributed by atoms with Gasteiger partial charge in [0.05, 0.1) is 0 Å². The van der Waals surface area contributed by atoms with E-state index in [-0.39, 0.29) is 0 Å². The van der Waals surface area contributed by atoms with Gasteiger partial charge in [-0.3, -0.25) is 0 Å². The van der Waals surface area contributed by atoms with Crippen LogP contribution in [0.1, 0.15) is 36.8 Å². The van der Waals surface area contributed by atoms with E-state index < -0.39 is 0 Å². The third-order valence-electron chi connectivity index (χ3n) is 3.81. The van der Waals surface area contributed by atoms with Gasteiger partial charge < -0.3 is 4.90 Å². The van der Waals surface area contributed by atoms with E-state index in [9.17, 15) is 0 Å². The average molecular weight is 217 g/mol. The molecule has 0 radical (unpaired) electrons. The third-order valence-corrected chi connectivity index (χ3v) is 3.81. The molecule has 1 saturated heterocycles. The Hall–Kier alpha value is -0.820. The molecule has 2 rings (SSSR count). The Labute approximate surface area is 99.5 Å². The second-order valence-electron chi connectivity index (χ2n) is 5.15. The van der Waals surface area contributed by atoms with Crippen molar-refractivity contribution in [3.63, 3.8) is 0 Å². The Bertz CT molecular complexity index is 315. The summed E-state index contributed by atoms with van der Waals surface area (Å²) in [6.07, 6.45) is 6.75. The molecule has 0 amide bonds. The fourth-order valence-corrected chi connectivity index (χ4v) is 2.60. The molecule has 1 unspecified atom stereocenters. The van der Waals surface area contributed by atoms with Gasteiger partial charge in [0.15, 0.2) is 0 Å². The standard InChI is InChI=1S/C15H23N/c1-13-6-8-14(9-7-13)10-11-15-5-3-4-12-16(15)2/h6-9,15H,3-5,10-12H2,1-2H3. The predicted octanol–water partition coefficient (Wildman–Crippen LogP) is 3.41. The van der Waals surface area contributed by atoms with Crippen LogP contribution in [0.25, 0.3) is 0 Å². The summed E-state index contributed by atoms with van der Waals surface area (Å²) in [6, 6.07) is 9.81. The van der Waals surface area contributed by atoms with E-state index in [4.69, 9.17) is 0 Å². The van der Waals surface area contributed by atoms with Crippen molar-refractivity contribution in [1.82, 2.24) is 4.90 Å². The van der Waals surface area contributed by atoms with E-state index in [1.165, 1.54) is 49.8 Å². The summed E-state index contributed by atoms with van der Waals surface area (Å²) in [5.74, 6) is 0. The van der Waals surface area contributed by atoms with Crippen LogP contribution in [-0.2, 0) is 6.42 Å². The first-order valence-corrected chi connectivity index (χ1v) is 6.51. The Morgan fingerprint density at radius 3 is 2.62 bits per heavy atom. The first kappa shape index (κ1) is 11.7. The monoisotopic (exact) mass is 217 g/mol. The maximum absolute atomic E-state index is 2.54. The quantitative estimate of drug-likeness (QED) is 0.750. The van der Waals surface area contributed by atoms with E-state index in [1.54, 1.807) is 0 Å². The van der Waals surface area contributed by atoms with Crippen LogP contribution < -0.4 is 0 Å². The van der Waals surface area contributed by atoms with E-state index in [0.717, 1.165) is 6.04 Å². The van der Waals surface area contributed by atoms with Crippen molar-refractivity contribution in [1.29, 1.82) is 0 Å². The first-order valence-electron chi connectivity index (χ1n) is 6.51. The Balaban J connectivity index is 1.84. The highest BCUT2D eigenvalue weighted by atomic mass is 15.1. The number of rotatable bonds is 3. The van der Waals surface area contributed by atoms with Crippen molar-refractivity contribution in [2.24, 2.45) is 0 Å². The predicted molar refractivity (Wildman–Crippen MR) is 69.8 cm³/mol. The van der Waals surface area contributed by atoms with Gasteiger partial charge in [-0.1, -0.05) is 36.2 Å². The highest BCUT2D eigenvalue weighted by Crippen LogP contribution is 2.19. The Kier molecular flexibility index (Phi) is 4.00. The molecule has 1 atom stereocenters. The summed E-state index contributed by atoms with van der Waals surface area (Å²) < 4.78 is 0. The van der Waals surface area contributed by atoms with Crippen LogP contribution in [0.15, 0.2) is 24.3 Å². The fraction of sp³-hybridized carbons (Fsp3) is 0.600. The second kappa shape index (κ2) is 5.49. The van der Waals surface area contributed by atoms with Crippen LogP contribution in [0.4, 0.5) is 0 Å². The molecule has 0 bridgehead atoms. The lowest BCUT2D eigenvalue weighted by molar-refractivity contribution is 0.176. The van der Waals surface area contributed by atoms with Gasteiger partial charge >= 0.3 is 0 Å². The van der Waals surface area contributed by atoms with Gasteiger partial charge in [-0.05, 0) is 51.8 Å². The molecule has 0 saturated carbocycles. The van der Waals surface area contributed by atoms with Crippen molar-refractivity contribution in [3.8, 4) is 0 Å². The molecule has 1 nitrogen and oxygen atoms in total. The molecule has 16 heavy (non-hydrogen) atoms. The van der Waals surface area contributed by atoms with Gasteiger partial charge in [0, 0.05) is 6.04 Å². The van der Waals surface area contributed by atoms with Gasteiger partial charge in [0.2, 0.25) is 0 Å². The average Bonchev–Trinajstić information content (AvgIpc) is 2.30. The van der Waals surface area contributed by atoms with Gasteiger partial charge in [0.25, 0.3) is 0 Å². The number of likely N-dealkylation sites (tertiary alicyclic amines) is 1. The molecule has 0 aromatic heterocycles. The van der Waals surface area contributed by atoms with Crippen LogP contribution in [0, 0.1) is 6.92 Å². The Morgan fingerprint density at radius 1 is 1.19 bits per heavy atom. The van der Waals surface area contributed by atoms with Gasteiger partial charge in [-0.25, -0.2) is 0 Å². The normalized spacial score (nSPS) is 22.2. The maximum atomic E-state index is 2.54. The van der Waals surface area contributed by atoms with Crippen molar-refractivity contribution in [2.75, 3.05) is 13.6 Å². The highest BCUT2D eigenvalue weighted by molar-refractivity contribution is 5.21. The van der Waals surface area contributed by atoms with Crippen molar-refractivity contribution in [3.05, 3.63) is 35.4 Å². The number of nitrogens with zero attached hydrogens (tertiary/aromatic N) is 1. The van der Waals surface area contributed by atoms with Gasteiger partial charge in [0.1, 0.15) is 0 Å². The van der Waals surface area contributed by atoms with E-state index in [1.807, 2.05) is 0 Å². The zero-order valence-electron chi connectivity index (χ0n) is 10.6. The summed E-state index contributed by atoms with van der Waals surface area (Å²) in [5.41, 5.74) is 2.85. The minimum Gasteiger partial charge on any atom is -0.303 e. The summed E-state index contributed by atoms with van der Waals surface area (Å²) in [4.78, 5) is 2.54. The van der Waals surface area contributed by atoms with Crippen LogP contribution in [-0.4, -0.2) is 24.5 Å². The molecule has 88 valence electrons. The van der Waals surface area contributed by atoms with Gasteiger partial charge in [-0.2, -0.15) is 0 Å². The van der Waals surface area contributed by atoms with E-state index >= 15 is 0 Å². The smallest absolute Gasteiger partial charge is 0.00953 e. The number of benzene rings is 1. The molecule has 1 aliphatic heterocycles. The molecule has 0 N–H and O–H groups in total. The SMILES string of the molecule is Cc1ccc(CCC2CCCCN2C)cc1. The fourth-order valence-electron chi connectivity index (χ4n) is 2.60. The highest BCUT2D eigenvalue weighted by Gasteiger charge is 2.18. The van der Waals surface area contributed by atoms with Crippen molar-refractivity contribution < 1.29 is 0 Å². The first-order chi connectivity index (χ1) is 7.75. The van der Waals surface area contributed by atoms with Crippen LogP contribution in [0.3, 0.4) is 0 Å².